The highest BCUT2D eigenvalue weighted by Crippen LogP contribution is 2.16. The summed E-state index contributed by atoms with van der Waals surface area (Å²) in [4.78, 5) is 2.01. The molecule has 2 aromatic rings. The van der Waals surface area contributed by atoms with E-state index in [0.717, 1.165) is 30.2 Å². The van der Waals surface area contributed by atoms with E-state index in [4.69, 9.17) is 17.0 Å². The molecule has 0 unspecified atom stereocenters. The molecule has 0 saturated heterocycles. The fourth-order valence-corrected chi connectivity index (χ4v) is 2.41. The summed E-state index contributed by atoms with van der Waals surface area (Å²) in [5.74, 6) is 0.861. The van der Waals surface area contributed by atoms with E-state index >= 15 is 0 Å². The fourth-order valence-electron chi connectivity index (χ4n) is 2.22. The average Bonchev–Trinajstić information content (AvgIpc) is 2.89. The number of nitrogens with one attached hydrogen (secondary N) is 1. The van der Waals surface area contributed by atoms with Crippen LogP contribution >= 0.6 is 12.2 Å². The summed E-state index contributed by atoms with van der Waals surface area (Å²) in [5, 5.41) is 8.39. The van der Waals surface area contributed by atoms with Gasteiger partial charge in [-0.15, -0.1) is 0 Å². The smallest absolute Gasteiger partial charge is 0.173 e. The molecule has 1 aromatic carbocycles. The van der Waals surface area contributed by atoms with Crippen LogP contribution in [-0.4, -0.2) is 33.4 Å². The standard InChI is InChI=1S/C17H24N4OS/c1-5-21-12-14(13(3)19-21)11-20(4)17(23)18-15-7-9-16(10-8-15)22-6-2/h7-10,12H,5-6,11H2,1-4H3,(H,18,23). The molecule has 1 aromatic heterocycles. The molecule has 0 spiro atoms. The van der Waals surface area contributed by atoms with Gasteiger partial charge in [0, 0.05) is 37.6 Å². The number of anilines is 1. The molecule has 6 heteroatoms. The molecule has 5 nitrogen and oxygen atoms in total. The van der Waals surface area contributed by atoms with E-state index in [0.29, 0.717) is 11.7 Å². The van der Waals surface area contributed by atoms with E-state index in [1.807, 2.05) is 54.7 Å². The molecule has 0 bridgehead atoms. The molecule has 0 radical (unpaired) electrons. The van der Waals surface area contributed by atoms with Gasteiger partial charge in [-0.25, -0.2) is 0 Å². The van der Waals surface area contributed by atoms with Gasteiger partial charge in [0.05, 0.1) is 12.3 Å². The zero-order valence-electron chi connectivity index (χ0n) is 14.2. The lowest BCUT2D eigenvalue weighted by Gasteiger charge is -2.21. The lowest BCUT2D eigenvalue weighted by molar-refractivity contribution is 0.340. The molecular formula is C17H24N4OS. The number of aryl methyl sites for hydroxylation is 2. The highest BCUT2D eigenvalue weighted by molar-refractivity contribution is 7.80. The van der Waals surface area contributed by atoms with Crippen LogP contribution in [0, 0.1) is 6.92 Å². The van der Waals surface area contributed by atoms with E-state index in [-0.39, 0.29) is 0 Å². The Morgan fingerprint density at radius 2 is 2.00 bits per heavy atom. The largest absolute Gasteiger partial charge is 0.494 e. The van der Waals surface area contributed by atoms with Crippen LogP contribution in [0.2, 0.25) is 0 Å². The molecule has 0 saturated carbocycles. The lowest BCUT2D eigenvalue weighted by atomic mass is 10.2. The van der Waals surface area contributed by atoms with Crippen molar-refractivity contribution < 1.29 is 4.74 Å². The third kappa shape index (κ3) is 4.69. The van der Waals surface area contributed by atoms with Crippen LogP contribution in [0.15, 0.2) is 30.5 Å². The molecule has 0 fully saturated rings. The van der Waals surface area contributed by atoms with E-state index in [9.17, 15) is 0 Å². The first-order chi connectivity index (χ1) is 11.0. The number of ether oxygens (including phenoxy) is 1. The van der Waals surface area contributed by atoms with Crippen LogP contribution in [0.1, 0.15) is 25.1 Å². The molecule has 1 N–H and O–H groups in total. The van der Waals surface area contributed by atoms with Gasteiger partial charge >= 0.3 is 0 Å². The van der Waals surface area contributed by atoms with Crippen molar-refractivity contribution in [2.24, 2.45) is 0 Å². The summed E-state index contributed by atoms with van der Waals surface area (Å²) in [6.45, 7) is 8.35. The minimum atomic E-state index is 0.665. The Morgan fingerprint density at radius 1 is 1.30 bits per heavy atom. The van der Waals surface area contributed by atoms with E-state index in [2.05, 4.69) is 23.5 Å². The second kappa shape index (κ2) is 7.97. The van der Waals surface area contributed by atoms with Crippen molar-refractivity contribution in [2.75, 3.05) is 19.0 Å². The van der Waals surface area contributed by atoms with Crippen molar-refractivity contribution in [2.45, 2.75) is 33.9 Å². The second-order valence-electron chi connectivity index (χ2n) is 5.34. The molecule has 0 aliphatic rings. The van der Waals surface area contributed by atoms with Gasteiger partial charge in [0.25, 0.3) is 0 Å². The number of benzene rings is 1. The minimum absolute atomic E-state index is 0.665. The zero-order chi connectivity index (χ0) is 16.8. The SMILES string of the molecule is CCOc1ccc(NC(=S)N(C)Cc2cn(CC)nc2C)cc1. The van der Waals surface area contributed by atoms with Crippen molar-refractivity contribution in [3.8, 4) is 5.75 Å². The van der Waals surface area contributed by atoms with Gasteiger partial charge < -0.3 is 15.0 Å². The molecule has 2 rings (SSSR count). The first-order valence-electron chi connectivity index (χ1n) is 7.81. The molecule has 0 aliphatic heterocycles. The Hall–Kier alpha value is -2.08. The maximum Gasteiger partial charge on any atom is 0.173 e. The summed E-state index contributed by atoms with van der Waals surface area (Å²) >= 11 is 5.48. The summed E-state index contributed by atoms with van der Waals surface area (Å²) < 4.78 is 7.38. The van der Waals surface area contributed by atoms with Gasteiger partial charge in [-0.05, 0) is 57.3 Å². The predicted octanol–water partition coefficient (Wildman–Crippen LogP) is 3.44. The maximum atomic E-state index is 5.48. The molecule has 0 atom stereocenters. The van der Waals surface area contributed by atoms with Crippen LogP contribution in [0.25, 0.3) is 0 Å². The first-order valence-corrected chi connectivity index (χ1v) is 8.22. The quantitative estimate of drug-likeness (QED) is 0.821. The minimum Gasteiger partial charge on any atom is -0.494 e. The topological polar surface area (TPSA) is 42.3 Å². The van der Waals surface area contributed by atoms with Gasteiger partial charge in [-0.3, -0.25) is 4.68 Å². The van der Waals surface area contributed by atoms with Gasteiger partial charge in [0.1, 0.15) is 5.75 Å². The summed E-state index contributed by atoms with van der Waals surface area (Å²) in [7, 11) is 1.98. The molecule has 124 valence electrons. The van der Waals surface area contributed by atoms with Gasteiger partial charge in [-0.2, -0.15) is 5.10 Å². The van der Waals surface area contributed by atoms with Crippen molar-refractivity contribution in [1.29, 1.82) is 0 Å². The number of thiocarbonyl (C=S) groups is 1. The number of nitrogens with zero attached hydrogens (tertiary/aromatic N) is 3. The predicted molar refractivity (Wildman–Crippen MR) is 97.9 cm³/mol. The Bertz CT molecular complexity index is 651. The normalized spacial score (nSPS) is 10.4. The van der Waals surface area contributed by atoms with Crippen molar-refractivity contribution >= 4 is 23.0 Å². The summed E-state index contributed by atoms with van der Waals surface area (Å²) in [6, 6.07) is 7.80. The van der Waals surface area contributed by atoms with Gasteiger partial charge in [0.15, 0.2) is 5.11 Å². The molecular weight excluding hydrogens is 308 g/mol. The fraction of sp³-hybridized carbons (Fsp3) is 0.412. The van der Waals surface area contributed by atoms with E-state index in [1.54, 1.807) is 0 Å². The molecule has 23 heavy (non-hydrogen) atoms. The highest BCUT2D eigenvalue weighted by Gasteiger charge is 2.10. The number of hydrogen-bond donors (Lipinski definition) is 1. The van der Waals surface area contributed by atoms with Crippen LogP contribution in [0.5, 0.6) is 5.75 Å². The highest BCUT2D eigenvalue weighted by atomic mass is 32.1. The van der Waals surface area contributed by atoms with Gasteiger partial charge in [-0.1, -0.05) is 0 Å². The molecule has 1 heterocycles. The second-order valence-corrected chi connectivity index (χ2v) is 5.73. The van der Waals surface area contributed by atoms with Crippen molar-refractivity contribution in [1.82, 2.24) is 14.7 Å². The van der Waals surface area contributed by atoms with E-state index in [1.165, 1.54) is 5.56 Å². The third-order valence-electron chi connectivity index (χ3n) is 3.54. The third-order valence-corrected chi connectivity index (χ3v) is 3.96. The Morgan fingerprint density at radius 3 is 2.57 bits per heavy atom. The number of rotatable bonds is 6. The van der Waals surface area contributed by atoms with Crippen LogP contribution in [0.3, 0.4) is 0 Å². The van der Waals surface area contributed by atoms with Crippen molar-refractivity contribution in [3.63, 3.8) is 0 Å². The van der Waals surface area contributed by atoms with Crippen LogP contribution in [-0.2, 0) is 13.1 Å². The first kappa shape index (κ1) is 17.3. The van der Waals surface area contributed by atoms with Crippen LogP contribution in [0.4, 0.5) is 5.69 Å². The maximum absolute atomic E-state index is 5.48. The lowest BCUT2D eigenvalue weighted by Crippen LogP contribution is -2.30. The average molecular weight is 332 g/mol. The number of hydrogen-bond acceptors (Lipinski definition) is 3. The Labute approximate surface area is 143 Å². The summed E-state index contributed by atoms with van der Waals surface area (Å²) in [6.07, 6.45) is 2.07. The number of aromatic nitrogens is 2. The zero-order valence-corrected chi connectivity index (χ0v) is 15.0. The Kier molecular flexibility index (Phi) is 5.98. The monoisotopic (exact) mass is 332 g/mol. The molecule has 0 amide bonds. The van der Waals surface area contributed by atoms with Gasteiger partial charge in [0.2, 0.25) is 0 Å². The molecule has 0 aliphatic carbocycles. The van der Waals surface area contributed by atoms with Crippen LogP contribution < -0.4 is 10.1 Å². The van der Waals surface area contributed by atoms with E-state index < -0.39 is 0 Å². The summed E-state index contributed by atoms with van der Waals surface area (Å²) in [5.41, 5.74) is 3.18. The Balaban J connectivity index is 1.95. The van der Waals surface area contributed by atoms with Crippen molar-refractivity contribution in [3.05, 3.63) is 41.7 Å².